The molecular weight excluding hydrogens is 282 g/mol. The Labute approximate surface area is 138 Å². The molecule has 0 saturated carbocycles. The SMILES string of the molecule is CCN(CC)C1=C(C)C(=C2C=CC=C2)C1[Si](C)(C)C(C)(C)C. The van der Waals surface area contributed by atoms with Crippen LogP contribution < -0.4 is 0 Å². The minimum absolute atomic E-state index is 0.397. The van der Waals surface area contributed by atoms with Gasteiger partial charge < -0.3 is 4.90 Å². The van der Waals surface area contributed by atoms with E-state index in [2.05, 4.69) is 83.8 Å². The molecule has 2 aliphatic carbocycles. The Hall–Kier alpha value is -1.02. The molecule has 2 aliphatic rings. The van der Waals surface area contributed by atoms with E-state index in [0.717, 1.165) is 13.1 Å². The standard InChI is InChI=1S/C20H33NSi/c1-9-21(10-2)18-15(3)17(16-13-11-12-14-16)19(18)22(7,8)20(4,5)6/h11-14,19H,9-10H2,1-8H3. The number of allylic oxidation sites excluding steroid dienone is 7. The van der Waals surface area contributed by atoms with Crippen LogP contribution in [0.1, 0.15) is 41.5 Å². The lowest BCUT2D eigenvalue weighted by atomic mass is 9.83. The van der Waals surface area contributed by atoms with Crippen LogP contribution in [0.3, 0.4) is 0 Å². The molecule has 22 heavy (non-hydrogen) atoms. The summed E-state index contributed by atoms with van der Waals surface area (Å²) in [6.45, 7) is 21.6. The quantitative estimate of drug-likeness (QED) is 0.582. The van der Waals surface area contributed by atoms with E-state index >= 15 is 0 Å². The molecule has 2 heteroatoms. The summed E-state index contributed by atoms with van der Waals surface area (Å²) in [5, 5.41) is 0.397. The summed E-state index contributed by atoms with van der Waals surface area (Å²) < 4.78 is 0. The van der Waals surface area contributed by atoms with Crippen LogP contribution in [0.4, 0.5) is 0 Å². The molecule has 0 aromatic rings. The first-order valence-corrected chi connectivity index (χ1v) is 11.8. The molecule has 0 bridgehead atoms. The van der Waals surface area contributed by atoms with E-state index in [0.29, 0.717) is 10.6 Å². The smallest absolute Gasteiger partial charge is 0.0676 e. The van der Waals surface area contributed by atoms with Gasteiger partial charge in [0.2, 0.25) is 0 Å². The molecule has 1 nitrogen and oxygen atoms in total. The maximum atomic E-state index is 2.59. The Morgan fingerprint density at radius 2 is 1.55 bits per heavy atom. The van der Waals surface area contributed by atoms with Crippen molar-refractivity contribution in [2.24, 2.45) is 0 Å². The minimum atomic E-state index is -1.48. The second-order valence-corrected chi connectivity index (χ2v) is 13.7. The van der Waals surface area contributed by atoms with Crippen LogP contribution in [-0.2, 0) is 0 Å². The highest BCUT2D eigenvalue weighted by Crippen LogP contribution is 2.59. The van der Waals surface area contributed by atoms with Crippen molar-refractivity contribution in [1.82, 2.24) is 4.90 Å². The van der Waals surface area contributed by atoms with Gasteiger partial charge in [0, 0.05) is 24.3 Å². The lowest BCUT2D eigenvalue weighted by Gasteiger charge is -2.53. The van der Waals surface area contributed by atoms with Crippen molar-refractivity contribution in [3.8, 4) is 0 Å². The fourth-order valence-electron chi connectivity index (χ4n) is 3.69. The topological polar surface area (TPSA) is 3.24 Å². The van der Waals surface area contributed by atoms with Crippen LogP contribution in [0.25, 0.3) is 0 Å². The maximum absolute atomic E-state index is 2.59. The van der Waals surface area contributed by atoms with Gasteiger partial charge in [-0.3, -0.25) is 0 Å². The first kappa shape index (κ1) is 17.3. The summed E-state index contributed by atoms with van der Waals surface area (Å²) in [7, 11) is -1.48. The summed E-state index contributed by atoms with van der Waals surface area (Å²) >= 11 is 0. The van der Waals surface area contributed by atoms with Crippen LogP contribution in [0.15, 0.2) is 46.7 Å². The van der Waals surface area contributed by atoms with Crippen LogP contribution in [0.5, 0.6) is 0 Å². The van der Waals surface area contributed by atoms with Crippen molar-refractivity contribution in [3.05, 3.63) is 46.7 Å². The lowest BCUT2D eigenvalue weighted by Crippen LogP contribution is -2.50. The Morgan fingerprint density at radius 1 is 1.05 bits per heavy atom. The van der Waals surface area contributed by atoms with E-state index in [1.807, 2.05) is 0 Å². The molecule has 0 saturated heterocycles. The molecule has 2 rings (SSSR count). The van der Waals surface area contributed by atoms with Crippen LogP contribution in [0, 0.1) is 0 Å². The third kappa shape index (κ3) is 2.56. The summed E-state index contributed by atoms with van der Waals surface area (Å²) in [4.78, 5) is 2.59. The van der Waals surface area contributed by atoms with Gasteiger partial charge in [-0.05, 0) is 42.5 Å². The first-order valence-electron chi connectivity index (χ1n) is 8.71. The van der Waals surface area contributed by atoms with Gasteiger partial charge in [0.1, 0.15) is 0 Å². The van der Waals surface area contributed by atoms with Crippen molar-refractivity contribution in [2.45, 2.75) is 65.2 Å². The summed E-state index contributed by atoms with van der Waals surface area (Å²) in [5.41, 5.74) is 6.90. The number of rotatable bonds is 4. The molecule has 0 aromatic carbocycles. The van der Waals surface area contributed by atoms with Gasteiger partial charge in [-0.1, -0.05) is 58.2 Å². The van der Waals surface area contributed by atoms with Crippen molar-refractivity contribution in [2.75, 3.05) is 13.1 Å². The third-order valence-corrected chi connectivity index (χ3v) is 12.0. The lowest BCUT2D eigenvalue weighted by molar-refractivity contribution is 0.355. The summed E-state index contributed by atoms with van der Waals surface area (Å²) in [6, 6.07) is 0. The Morgan fingerprint density at radius 3 is 1.95 bits per heavy atom. The fourth-order valence-corrected chi connectivity index (χ4v) is 6.74. The third-order valence-electron chi connectivity index (χ3n) is 6.08. The largest absolute Gasteiger partial charge is 0.375 e. The first-order chi connectivity index (χ1) is 10.2. The zero-order valence-electron chi connectivity index (χ0n) is 15.7. The molecule has 0 N–H and O–H groups in total. The molecule has 0 radical (unpaired) electrons. The van der Waals surface area contributed by atoms with Gasteiger partial charge in [-0.25, -0.2) is 0 Å². The molecule has 1 atom stereocenters. The normalized spacial score (nSPS) is 21.7. The highest BCUT2D eigenvalue weighted by Gasteiger charge is 2.51. The van der Waals surface area contributed by atoms with Crippen molar-refractivity contribution in [1.29, 1.82) is 0 Å². The molecule has 0 spiro atoms. The Bertz CT molecular complexity index is 549. The van der Waals surface area contributed by atoms with Crippen LogP contribution in [-0.4, -0.2) is 26.1 Å². The molecule has 0 aromatic heterocycles. The number of hydrogen-bond acceptors (Lipinski definition) is 1. The molecule has 1 unspecified atom stereocenters. The van der Waals surface area contributed by atoms with E-state index in [4.69, 9.17) is 0 Å². The van der Waals surface area contributed by atoms with Gasteiger partial charge in [0.15, 0.2) is 0 Å². The predicted molar refractivity (Wildman–Crippen MR) is 102 cm³/mol. The number of hydrogen-bond donors (Lipinski definition) is 0. The molecule has 122 valence electrons. The summed E-state index contributed by atoms with van der Waals surface area (Å²) in [5.74, 6) is 0. The van der Waals surface area contributed by atoms with Crippen molar-refractivity contribution < 1.29 is 0 Å². The maximum Gasteiger partial charge on any atom is 0.0676 e. The van der Waals surface area contributed by atoms with Gasteiger partial charge >= 0.3 is 0 Å². The van der Waals surface area contributed by atoms with Gasteiger partial charge in [0.25, 0.3) is 0 Å². The van der Waals surface area contributed by atoms with E-state index in [9.17, 15) is 0 Å². The molecule has 0 heterocycles. The molecule has 0 aliphatic heterocycles. The van der Waals surface area contributed by atoms with Crippen molar-refractivity contribution in [3.63, 3.8) is 0 Å². The minimum Gasteiger partial charge on any atom is -0.375 e. The van der Waals surface area contributed by atoms with E-state index in [1.54, 1.807) is 11.3 Å². The van der Waals surface area contributed by atoms with Crippen molar-refractivity contribution >= 4 is 8.07 Å². The average molecular weight is 316 g/mol. The number of nitrogens with zero attached hydrogens (tertiary/aromatic N) is 1. The second kappa shape index (κ2) is 5.88. The molecule has 0 amide bonds. The second-order valence-electron chi connectivity index (χ2n) is 8.17. The van der Waals surface area contributed by atoms with Gasteiger partial charge in [-0.2, -0.15) is 0 Å². The zero-order valence-corrected chi connectivity index (χ0v) is 16.7. The van der Waals surface area contributed by atoms with E-state index in [-0.39, 0.29) is 0 Å². The fraction of sp³-hybridized carbons (Fsp3) is 0.600. The average Bonchev–Trinajstić information content (AvgIpc) is 2.93. The monoisotopic (exact) mass is 315 g/mol. The van der Waals surface area contributed by atoms with E-state index in [1.165, 1.54) is 11.1 Å². The van der Waals surface area contributed by atoms with Crippen LogP contribution in [0.2, 0.25) is 23.7 Å². The highest BCUT2D eigenvalue weighted by molar-refractivity contribution is 6.83. The Balaban J connectivity index is 2.59. The van der Waals surface area contributed by atoms with Gasteiger partial charge in [0.05, 0.1) is 8.07 Å². The van der Waals surface area contributed by atoms with E-state index < -0.39 is 8.07 Å². The molecule has 0 fully saturated rings. The Kier molecular flexibility index (Phi) is 4.63. The molecular formula is C20H33NSi. The predicted octanol–water partition coefficient (Wildman–Crippen LogP) is 5.92. The van der Waals surface area contributed by atoms with Gasteiger partial charge in [-0.15, -0.1) is 0 Å². The summed E-state index contributed by atoms with van der Waals surface area (Å²) in [6.07, 6.45) is 8.93. The van der Waals surface area contributed by atoms with Crippen LogP contribution >= 0.6 is 0 Å². The highest BCUT2D eigenvalue weighted by atomic mass is 28.3. The zero-order chi connectivity index (χ0) is 16.7.